The Morgan fingerprint density at radius 2 is 1.57 bits per heavy atom. The van der Waals surface area contributed by atoms with Crippen LogP contribution < -0.4 is 25.6 Å². The lowest BCUT2D eigenvalue weighted by molar-refractivity contribution is -0.203. The number of hydrogen-bond donors (Lipinski definition) is 7. The normalized spacial score (nSPS) is 30.5. The van der Waals surface area contributed by atoms with Crippen LogP contribution >= 0.6 is 0 Å². The number of aliphatic hydroxyl groups excluding tert-OH is 1. The number of aromatic nitrogens is 1. The van der Waals surface area contributed by atoms with Gasteiger partial charge in [0, 0.05) is 97.1 Å². The van der Waals surface area contributed by atoms with E-state index in [1.165, 1.54) is 7.11 Å². The van der Waals surface area contributed by atoms with Crippen molar-refractivity contribution in [2.24, 2.45) is 11.3 Å². The maximum absolute atomic E-state index is 15.5. The Kier molecular flexibility index (Phi) is 16.8. The molecule has 1 aromatic heterocycles. The van der Waals surface area contributed by atoms with Crippen molar-refractivity contribution in [3.05, 3.63) is 107 Å². The van der Waals surface area contributed by atoms with E-state index in [2.05, 4.69) is 48.9 Å². The van der Waals surface area contributed by atoms with Gasteiger partial charge in [0.15, 0.2) is 5.60 Å². The molecule has 6 aliphatic rings. The van der Waals surface area contributed by atoms with E-state index in [-0.39, 0.29) is 45.0 Å². The lowest BCUT2D eigenvalue weighted by Gasteiger charge is -2.63. The summed E-state index contributed by atoms with van der Waals surface area (Å²) < 4.78 is 34.8. The predicted octanol–water partition coefficient (Wildman–Crippen LogP) is 3.89. The zero-order valence-electron chi connectivity index (χ0n) is 46.5. The Morgan fingerprint density at radius 1 is 0.835 bits per heavy atom. The third-order valence-corrected chi connectivity index (χ3v) is 18.5. The molecule has 6 heterocycles. The number of nitrogens with one attached hydrogen (secondary N) is 4. The van der Waals surface area contributed by atoms with Gasteiger partial charge in [-0.25, -0.2) is 4.79 Å². The van der Waals surface area contributed by atoms with Gasteiger partial charge in [0.25, 0.3) is 5.91 Å². The summed E-state index contributed by atoms with van der Waals surface area (Å²) in [6.07, 6.45) is 5.12. The highest BCUT2D eigenvalue weighted by molar-refractivity contribution is 5.95. The lowest BCUT2D eigenvalue weighted by Crippen LogP contribution is -2.81. The lowest BCUT2D eigenvalue weighted by atomic mass is 9.47. The first-order valence-electron chi connectivity index (χ1n) is 28.3. The van der Waals surface area contributed by atoms with Crippen molar-refractivity contribution >= 4 is 34.6 Å². The summed E-state index contributed by atoms with van der Waals surface area (Å²) in [4.78, 5) is 53.0. The van der Waals surface area contributed by atoms with Crippen LogP contribution in [-0.4, -0.2) is 191 Å². The van der Waals surface area contributed by atoms with Crippen LogP contribution in [0.4, 0.5) is 10.5 Å². The molecule has 7 N–H and O–H groups in total. The third-order valence-electron chi connectivity index (χ3n) is 18.5. The van der Waals surface area contributed by atoms with E-state index in [1.54, 1.807) is 7.11 Å². The quantitative estimate of drug-likeness (QED) is 0.0256. The Hall–Kier alpha value is -5.61. The summed E-state index contributed by atoms with van der Waals surface area (Å²) in [5.41, 5.74) is -0.868. The number of esters is 1. The number of methoxy groups -OCH3 is 2. The average Bonchev–Trinajstić information content (AvgIpc) is 2.03. The highest BCUT2D eigenvalue weighted by Crippen LogP contribution is 2.67. The number of nitrogens with zero attached hydrogens (tertiary/aromatic N) is 3. The summed E-state index contributed by atoms with van der Waals surface area (Å²) in [6.45, 7) is 10.1. The minimum Gasteiger partial charge on any atom is -0.496 e. The fraction of sp³-hybridized carbons (Fsp3) is 0.583. The Balaban J connectivity index is 0.860. The number of amides is 2. The number of fused-ring (bicyclic) bond motifs is 6. The molecule has 10 atom stereocenters. The average molecular weight is 1090 g/mol. The van der Waals surface area contributed by atoms with Gasteiger partial charge in [0.2, 0.25) is 0 Å². The number of rotatable bonds is 22. The molecule has 1 saturated carbocycles. The molecule has 2 amide bonds. The van der Waals surface area contributed by atoms with Crippen LogP contribution in [-0.2, 0) is 57.1 Å². The number of alkyl carbamates (subject to hydrolysis) is 1. The highest BCUT2D eigenvalue weighted by atomic mass is 16.6. The van der Waals surface area contributed by atoms with Gasteiger partial charge < -0.3 is 64.3 Å². The first kappa shape index (κ1) is 56.7. The number of aliphatic hydroxyl groups is 3. The monoisotopic (exact) mass is 1090 g/mol. The summed E-state index contributed by atoms with van der Waals surface area (Å²) in [5, 5.41) is 48.3. The number of piperidine rings is 1. The van der Waals surface area contributed by atoms with Crippen LogP contribution in [0, 0.1) is 11.3 Å². The molecule has 5 aliphatic heterocycles. The highest BCUT2D eigenvalue weighted by Gasteiger charge is 2.78. The molecule has 3 fully saturated rings. The molecule has 19 heteroatoms. The number of carbonyl (C=O) groups is 3. The van der Waals surface area contributed by atoms with Crippen LogP contribution in [0.5, 0.6) is 5.75 Å². The fourth-order valence-corrected chi connectivity index (χ4v) is 15.1. The Morgan fingerprint density at radius 3 is 2.30 bits per heavy atom. The van der Waals surface area contributed by atoms with Gasteiger partial charge in [-0.1, -0.05) is 74.5 Å². The molecule has 0 radical (unpaired) electrons. The van der Waals surface area contributed by atoms with Crippen molar-refractivity contribution in [3.8, 4) is 5.75 Å². The number of likely N-dealkylation sites (N-methyl/N-ethyl adjacent to an activating group) is 1. The number of anilines is 1. The number of aromatic amines is 1. The summed E-state index contributed by atoms with van der Waals surface area (Å²) in [7, 11) is 4.93. The fourth-order valence-electron chi connectivity index (χ4n) is 15.1. The first-order chi connectivity index (χ1) is 38.2. The van der Waals surface area contributed by atoms with Crippen molar-refractivity contribution in [1.82, 2.24) is 30.7 Å². The van der Waals surface area contributed by atoms with E-state index in [4.69, 9.17) is 28.4 Å². The largest absolute Gasteiger partial charge is 0.496 e. The van der Waals surface area contributed by atoms with Crippen molar-refractivity contribution in [1.29, 1.82) is 0 Å². The molecule has 428 valence electrons. The van der Waals surface area contributed by atoms with Crippen LogP contribution in [0.25, 0.3) is 10.9 Å². The smallest absolute Gasteiger partial charge is 0.408 e. The minimum absolute atomic E-state index is 0.0721. The molecule has 2 bridgehead atoms. The van der Waals surface area contributed by atoms with E-state index < -0.39 is 57.6 Å². The topological polar surface area (TPSA) is 229 Å². The summed E-state index contributed by atoms with van der Waals surface area (Å²) in [5.74, 6) is -0.803. The van der Waals surface area contributed by atoms with E-state index in [1.807, 2.05) is 86.5 Å². The van der Waals surface area contributed by atoms with E-state index in [0.29, 0.717) is 116 Å². The number of para-hydroxylation sites is 1. The SMILES string of the molecule is CC[C@]1(O)CC2CN(CCc3c([nH]c4ccccc34)[C@@](C(=O)OC)(c3cc4c(cc3OC)N(C)[C@H]3C(O)(C(=O)NCCOCCOCCOCCNCNC(=O)OCc5ccccc5)[C@H](O)[C@]5(CC)C=CCN6CCC43[C@@H]65)C2)C1. The minimum atomic E-state index is -2.33. The molecule has 1 aliphatic carbocycles. The molecule has 19 nitrogen and oxygen atoms in total. The van der Waals surface area contributed by atoms with Gasteiger partial charge in [-0.15, -0.1) is 0 Å². The predicted molar refractivity (Wildman–Crippen MR) is 297 cm³/mol. The molecule has 2 saturated heterocycles. The second-order valence-corrected chi connectivity index (χ2v) is 22.6. The second-order valence-electron chi connectivity index (χ2n) is 22.6. The Labute approximate surface area is 463 Å². The van der Waals surface area contributed by atoms with Gasteiger partial charge in [-0.2, -0.15) is 0 Å². The van der Waals surface area contributed by atoms with Crippen molar-refractivity contribution < 1.29 is 58.1 Å². The first-order valence-corrected chi connectivity index (χ1v) is 28.3. The summed E-state index contributed by atoms with van der Waals surface area (Å²) in [6, 6.07) is 20.4. The summed E-state index contributed by atoms with van der Waals surface area (Å²) >= 11 is 0. The van der Waals surface area contributed by atoms with E-state index in [0.717, 1.165) is 39.0 Å². The molecular formula is C60H81N7O12. The Bertz CT molecular complexity index is 2850. The van der Waals surface area contributed by atoms with E-state index >= 15 is 9.59 Å². The van der Waals surface area contributed by atoms with E-state index in [9.17, 15) is 20.1 Å². The number of carbonyl (C=O) groups excluding carboxylic acids is 3. The second kappa shape index (κ2) is 23.5. The van der Waals surface area contributed by atoms with Crippen LogP contribution in [0.1, 0.15) is 73.9 Å². The molecule has 79 heavy (non-hydrogen) atoms. The van der Waals surface area contributed by atoms with Gasteiger partial charge in [-0.3, -0.25) is 24.7 Å². The maximum atomic E-state index is 15.5. The number of hydrogen-bond acceptors (Lipinski definition) is 16. The molecule has 3 aromatic carbocycles. The third kappa shape index (κ3) is 10.00. The molecular weight excluding hydrogens is 1010 g/mol. The molecule has 4 aromatic rings. The van der Waals surface area contributed by atoms with Crippen LogP contribution in [0.2, 0.25) is 0 Å². The van der Waals surface area contributed by atoms with Gasteiger partial charge in [0.05, 0.1) is 72.2 Å². The van der Waals surface area contributed by atoms with Crippen LogP contribution in [0.3, 0.4) is 0 Å². The number of ether oxygens (including phenoxy) is 6. The molecule has 4 unspecified atom stereocenters. The van der Waals surface area contributed by atoms with Crippen LogP contribution in [0.15, 0.2) is 78.9 Å². The zero-order valence-corrected chi connectivity index (χ0v) is 46.5. The van der Waals surface area contributed by atoms with Crippen molar-refractivity contribution in [2.45, 2.75) is 99.2 Å². The molecule has 10 rings (SSSR count). The van der Waals surface area contributed by atoms with Gasteiger partial charge in [-0.05, 0) is 79.8 Å². The maximum Gasteiger partial charge on any atom is 0.408 e. The van der Waals surface area contributed by atoms with Gasteiger partial charge in [0.1, 0.15) is 23.9 Å². The molecule has 1 spiro atoms. The van der Waals surface area contributed by atoms with Gasteiger partial charge >= 0.3 is 12.1 Å². The van der Waals surface area contributed by atoms with Crippen molar-refractivity contribution in [2.75, 3.05) is 118 Å². The van der Waals surface area contributed by atoms with Crippen molar-refractivity contribution in [3.63, 3.8) is 0 Å². The standard InChI is InChI=1S/C60H81N7O12/c1-6-56(72)34-41-35-59(54(70)75-5,49-43(18-24-66(36-41)38-56)42-16-11-12-17-46(42)64-49)45-32-44-47(33-48(45)74-4)65(3)51-58(44)20-25-67-23-13-19-57(7-2,50(58)67)52(68)60(51,73)53(69)62-22-27-77-29-31-78-30-28-76-26-21-61-39-63-55(71)79-37-40-14-9-8-10-15-40/h8-17,19,32-33,41,50-52,61,64,68,72-73H,6-7,18,20-31,34-39H2,1-5H3,(H,62,69)(H,63,71)/t41?,50-,51+,52+,56-,57+,58?,59-,60?/m0/s1. The number of benzene rings is 3. The number of H-pyrrole nitrogens is 1. The zero-order chi connectivity index (χ0) is 55.6.